The molecule has 0 amide bonds. The number of hydrogen-bond acceptors (Lipinski definition) is 2. The fourth-order valence-electron chi connectivity index (χ4n) is 8.99. The number of benzene rings is 10. The summed E-state index contributed by atoms with van der Waals surface area (Å²) in [6.07, 6.45) is 0. The molecular formula is C52H30OS. The van der Waals surface area contributed by atoms with Crippen LogP contribution in [0.4, 0.5) is 0 Å². The van der Waals surface area contributed by atoms with Crippen molar-refractivity contribution >= 4 is 96.5 Å². The molecule has 250 valence electrons. The lowest BCUT2D eigenvalue weighted by Gasteiger charge is -2.18. The SMILES string of the molecule is c1cc(-c2ccc3sc4ccc5oc6c7ccccc7ccc6c5c4c3c2)cc(-c2c3ccccc3c(-c3ccc4ccccc4c3)c3ccccc23)c1. The predicted molar refractivity (Wildman–Crippen MR) is 233 cm³/mol. The molecule has 0 saturated heterocycles. The molecule has 54 heavy (non-hydrogen) atoms. The van der Waals surface area contributed by atoms with E-state index in [1.165, 1.54) is 102 Å². The van der Waals surface area contributed by atoms with Gasteiger partial charge in [-0.3, -0.25) is 0 Å². The van der Waals surface area contributed by atoms with Crippen molar-refractivity contribution in [3.05, 3.63) is 182 Å². The minimum atomic E-state index is 0.937. The van der Waals surface area contributed by atoms with Crippen LogP contribution in [0.1, 0.15) is 0 Å². The average molecular weight is 703 g/mol. The summed E-state index contributed by atoms with van der Waals surface area (Å²) in [6.45, 7) is 0. The molecule has 0 radical (unpaired) electrons. The van der Waals surface area contributed by atoms with Crippen molar-refractivity contribution in [3.8, 4) is 33.4 Å². The van der Waals surface area contributed by atoms with Crippen LogP contribution < -0.4 is 0 Å². The minimum Gasteiger partial charge on any atom is -0.455 e. The largest absolute Gasteiger partial charge is 0.455 e. The summed E-state index contributed by atoms with van der Waals surface area (Å²) in [7, 11) is 0. The Morgan fingerprint density at radius 1 is 0.315 bits per heavy atom. The third-order valence-electron chi connectivity index (χ3n) is 11.4. The van der Waals surface area contributed by atoms with Crippen LogP contribution in [0, 0.1) is 0 Å². The van der Waals surface area contributed by atoms with Crippen molar-refractivity contribution in [3.63, 3.8) is 0 Å². The van der Waals surface area contributed by atoms with E-state index in [0.29, 0.717) is 0 Å². The highest BCUT2D eigenvalue weighted by atomic mass is 32.1. The third kappa shape index (κ3) is 4.32. The fraction of sp³-hybridized carbons (Fsp3) is 0. The molecule has 2 aromatic heterocycles. The van der Waals surface area contributed by atoms with E-state index in [0.717, 1.165) is 16.6 Å². The number of fused-ring (bicyclic) bond motifs is 12. The Kier molecular flexibility index (Phi) is 6.28. The van der Waals surface area contributed by atoms with E-state index >= 15 is 0 Å². The van der Waals surface area contributed by atoms with Gasteiger partial charge < -0.3 is 4.42 Å². The molecule has 12 aromatic rings. The van der Waals surface area contributed by atoms with Crippen molar-refractivity contribution in [1.82, 2.24) is 0 Å². The first-order chi connectivity index (χ1) is 26.8. The second kappa shape index (κ2) is 11.4. The topological polar surface area (TPSA) is 13.1 Å². The van der Waals surface area contributed by atoms with Gasteiger partial charge >= 0.3 is 0 Å². The molecule has 2 heteroatoms. The van der Waals surface area contributed by atoms with Crippen molar-refractivity contribution in [2.75, 3.05) is 0 Å². The van der Waals surface area contributed by atoms with Gasteiger partial charge in [0.15, 0.2) is 0 Å². The monoisotopic (exact) mass is 702 g/mol. The Labute approximate surface area is 314 Å². The van der Waals surface area contributed by atoms with Crippen LogP contribution in [0.2, 0.25) is 0 Å². The molecule has 0 N–H and O–H groups in total. The van der Waals surface area contributed by atoms with Gasteiger partial charge in [0.2, 0.25) is 0 Å². The molecule has 2 heterocycles. The van der Waals surface area contributed by atoms with Crippen LogP contribution in [0.5, 0.6) is 0 Å². The van der Waals surface area contributed by atoms with Gasteiger partial charge in [0, 0.05) is 36.3 Å². The van der Waals surface area contributed by atoms with E-state index in [9.17, 15) is 0 Å². The molecule has 0 unspecified atom stereocenters. The Morgan fingerprint density at radius 3 is 1.65 bits per heavy atom. The quantitative estimate of drug-likeness (QED) is 0.167. The summed E-state index contributed by atoms with van der Waals surface area (Å²) in [4.78, 5) is 0. The second-order valence-corrected chi connectivity index (χ2v) is 15.5. The highest BCUT2D eigenvalue weighted by molar-refractivity contribution is 7.26. The summed E-state index contributed by atoms with van der Waals surface area (Å²) >= 11 is 1.86. The highest BCUT2D eigenvalue weighted by Gasteiger charge is 2.19. The molecule has 0 spiro atoms. The van der Waals surface area contributed by atoms with E-state index in [4.69, 9.17) is 4.42 Å². The van der Waals surface area contributed by atoms with Crippen LogP contribution in [0.25, 0.3) is 119 Å². The van der Waals surface area contributed by atoms with Gasteiger partial charge in [-0.1, -0.05) is 140 Å². The standard InChI is InChI=1S/C52H30OS/c1-2-12-33-28-37(21-20-31(33)10-1)49-41-18-7-5-16-39(41)48(40-17-6-8-19-42(40)49)36-14-9-13-34(29-36)35-23-26-46-44(30-35)51-47(54-46)27-25-45-50(51)43-24-22-32-11-3-4-15-38(32)52(43)53-45/h1-30H. The summed E-state index contributed by atoms with van der Waals surface area (Å²) < 4.78 is 9.17. The van der Waals surface area contributed by atoms with Crippen molar-refractivity contribution in [2.45, 2.75) is 0 Å². The second-order valence-electron chi connectivity index (χ2n) is 14.4. The lowest BCUT2D eigenvalue weighted by Crippen LogP contribution is -1.91. The van der Waals surface area contributed by atoms with Crippen molar-refractivity contribution in [2.24, 2.45) is 0 Å². The smallest absolute Gasteiger partial charge is 0.143 e. The summed E-state index contributed by atoms with van der Waals surface area (Å²) in [5.41, 5.74) is 9.33. The van der Waals surface area contributed by atoms with Gasteiger partial charge in [0.1, 0.15) is 11.2 Å². The maximum absolute atomic E-state index is 6.60. The molecule has 0 atom stereocenters. The maximum atomic E-state index is 6.60. The Bertz CT molecular complexity index is 3450. The molecule has 0 aliphatic heterocycles. The zero-order valence-electron chi connectivity index (χ0n) is 29.1. The van der Waals surface area contributed by atoms with Crippen LogP contribution >= 0.6 is 11.3 Å². The molecule has 0 bridgehead atoms. The van der Waals surface area contributed by atoms with Crippen LogP contribution in [0.15, 0.2) is 186 Å². The van der Waals surface area contributed by atoms with Crippen molar-refractivity contribution < 1.29 is 4.42 Å². The highest BCUT2D eigenvalue weighted by Crippen LogP contribution is 2.47. The van der Waals surface area contributed by atoms with Crippen LogP contribution in [-0.2, 0) is 0 Å². The first-order valence-electron chi connectivity index (χ1n) is 18.5. The molecule has 12 rings (SSSR count). The van der Waals surface area contributed by atoms with E-state index in [-0.39, 0.29) is 0 Å². The minimum absolute atomic E-state index is 0.937. The molecule has 1 nitrogen and oxygen atoms in total. The van der Waals surface area contributed by atoms with E-state index in [1.807, 2.05) is 11.3 Å². The summed E-state index contributed by atoms with van der Waals surface area (Å²) in [5, 5.41) is 14.8. The Balaban J connectivity index is 1.06. The van der Waals surface area contributed by atoms with Gasteiger partial charge in [0.05, 0.1) is 0 Å². The first kappa shape index (κ1) is 29.8. The molecule has 0 aliphatic carbocycles. The van der Waals surface area contributed by atoms with Gasteiger partial charge in [-0.05, 0) is 114 Å². The zero-order valence-corrected chi connectivity index (χ0v) is 30.0. The Morgan fingerprint density at radius 2 is 0.889 bits per heavy atom. The summed E-state index contributed by atoms with van der Waals surface area (Å²) in [5.74, 6) is 0. The van der Waals surface area contributed by atoms with Gasteiger partial charge in [0.25, 0.3) is 0 Å². The zero-order chi connectivity index (χ0) is 35.3. The third-order valence-corrected chi connectivity index (χ3v) is 12.5. The number of thiophene rings is 1. The number of rotatable bonds is 3. The average Bonchev–Trinajstić information content (AvgIpc) is 3.81. The van der Waals surface area contributed by atoms with Crippen LogP contribution in [-0.4, -0.2) is 0 Å². The van der Waals surface area contributed by atoms with E-state index < -0.39 is 0 Å². The lowest BCUT2D eigenvalue weighted by molar-refractivity contribution is 0.673. The molecule has 0 saturated carbocycles. The lowest BCUT2D eigenvalue weighted by atomic mass is 9.85. The molecule has 0 fully saturated rings. The normalized spacial score (nSPS) is 12.1. The Hall–Kier alpha value is -6.74. The van der Waals surface area contributed by atoms with E-state index in [2.05, 4.69) is 182 Å². The number of furan rings is 1. The van der Waals surface area contributed by atoms with Crippen LogP contribution in [0.3, 0.4) is 0 Å². The fourth-order valence-corrected chi connectivity index (χ4v) is 10.1. The predicted octanol–water partition coefficient (Wildman–Crippen LogP) is 15.6. The maximum Gasteiger partial charge on any atom is 0.143 e. The van der Waals surface area contributed by atoms with Gasteiger partial charge in [-0.2, -0.15) is 0 Å². The molecular weight excluding hydrogens is 673 g/mol. The summed E-state index contributed by atoms with van der Waals surface area (Å²) in [6, 6.07) is 66.8. The molecule has 10 aromatic carbocycles. The van der Waals surface area contributed by atoms with E-state index in [1.54, 1.807) is 0 Å². The first-order valence-corrected chi connectivity index (χ1v) is 19.3. The number of hydrogen-bond donors (Lipinski definition) is 0. The van der Waals surface area contributed by atoms with Gasteiger partial charge in [-0.15, -0.1) is 11.3 Å². The van der Waals surface area contributed by atoms with Gasteiger partial charge in [-0.25, -0.2) is 0 Å². The molecule has 0 aliphatic rings. The van der Waals surface area contributed by atoms with Crippen molar-refractivity contribution in [1.29, 1.82) is 0 Å².